The highest BCUT2D eigenvalue weighted by Crippen LogP contribution is 2.58. The number of carboxylic acids is 1. The van der Waals surface area contributed by atoms with Crippen molar-refractivity contribution in [2.75, 3.05) is 0 Å². The van der Waals surface area contributed by atoms with E-state index in [1.165, 1.54) is 0 Å². The summed E-state index contributed by atoms with van der Waals surface area (Å²) in [5.41, 5.74) is 0.925. The average molecular weight is 269 g/mol. The monoisotopic (exact) mass is 269 g/mol. The number of nitrogens with zero attached hydrogens (tertiary/aromatic N) is 1. The van der Waals surface area contributed by atoms with Crippen LogP contribution in [-0.4, -0.2) is 22.2 Å². The van der Waals surface area contributed by atoms with Crippen molar-refractivity contribution in [3.63, 3.8) is 0 Å². The smallest absolute Gasteiger partial charge is 0.311 e. The van der Waals surface area contributed by atoms with Crippen molar-refractivity contribution in [1.82, 2.24) is 4.98 Å². The number of carbonyl (C=O) groups is 1. The molecule has 3 atom stereocenters. The van der Waals surface area contributed by atoms with Gasteiger partial charge in [0.1, 0.15) is 29.3 Å². The molecule has 0 radical (unpaired) electrons. The van der Waals surface area contributed by atoms with E-state index < -0.39 is 11.9 Å². The molecule has 100 valence electrons. The maximum Gasteiger partial charge on any atom is 0.311 e. The summed E-state index contributed by atoms with van der Waals surface area (Å²) >= 11 is 0. The van der Waals surface area contributed by atoms with Gasteiger partial charge in [-0.3, -0.25) is 9.78 Å². The Morgan fingerprint density at radius 1 is 1.20 bits per heavy atom. The molecule has 1 N–H and O–H groups in total. The molecule has 5 heteroatoms. The number of ether oxygens (including phenoxy) is 2. The van der Waals surface area contributed by atoms with Gasteiger partial charge in [0.2, 0.25) is 0 Å². The lowest BCUT2D eigenvalue weighted by molar-refractivity contribution is -0.139. The first-order valence-electron chi connectivity index (χ1n) is 6.35. The van der Waals surface area contributed by atoms with Gasteiger partial charge in [-0.25, -0.2) is 0 Å². The minimum atomic E-state index is -0.800. The molecule has 20 heavy (non-hydrogen) atoms. The van der Waals surface area contributed by atoms with Gasteiger partial charge in [-0.15, -0.1) is 0 Å². The third kappa shape index (κ3) is 1.63. The Morgan fingerprint density at radius 3 is 2.75 bits per heavy atom. The molecule has 2 heterocycles. The first kappa shape index (κ1) is 11.3. The van der Waals surface area contributed by atoms with Crippen LogP contribution in [0.4, 0.5) is 0 Å². The van der Waals surface area contributed by atoms with E-state index in [4.69, 9.17) is 14.6 Å². The van der Waals surface area contributed by atoms with E-state index >= 15 is 0 Å². The fraction of sp³-hybridized carbons (Fsp3) is 0.200. The van der Waals surface area contributed by atoms with E-state index in [2.05, 4.69) is 4.98 Å². The second-order valence-electron chi connectivity index (χ2n) is 4.96. The molecular weight excluding hydrogens is 258 g/mol. The molecule has 1 aromatic carbocycles. The fourth-order valence-electron chi connectivity index (χ4n) is 2.74. The number of rotatable bonds is 3. The molecule has 1 saturated carbocycles. The van der Waals surface area contributed by atoms with Gasteiger partial charge in [0.05, 0.1) is 0 Å². The van der Waals surface area contributed by atoms with Crippen LogP contribution >= 0.6 is 0 Å². The molecule has 5 nitrogen and oxygen atoms in total. The maximum atomic E-state index is 11.0. The topological polar surface area (TPSA) is 68.7 Å². The molecule has 2 unspecified atom stereocenters. The predicted molar refractivity (Wildman–Crippen MR) is 69.0 cm³/mol. The first-order chi connectivity index (χ1) is 9.74. The second kappa shape index (κ2) is 3.96. The normalized spacial score (nSPS) is 25.3. The number of benzene rings is 1. The van der Waals surface area contributed by atoms with Gasteiger partial charge in [-0.05, 0) is 30.3 Å². The highest BCUT2D eigenvalue weighted by molar-refractivity contribution is 5.79. The van der Waals surface area contributed by atoms with Gasteiger partial charge in [0.25, 0.3) is 0 Å². The van der Waals surface area contributed by atoms with E-state index in [1.807, 2.05) is 18.2 Å². The van der Waals surface area contributed by atoms with Crippen LogP contribution in [0.15, 0.2) is 42.7 Å². The van der Waals surface area contributed by atoms with Crippen LogP contribution in [0.5, 0.6) is 17.2 Å². The van der Waals surface area contributed by atoms with Crippen LogP contribution in [0.3, 0.4) is 0 Å². The number of carboxylic acid groups (broad SMARTS) is 1. The van der Waals surface area contributed by atoms with Crippen LogP contribution < -0.4 is 9.47 Å². The number of aliphatic carboxylic acids is 1. The molecule has 1 fully saturated rings. The standard InChI is InChI=1S/C15H11NO4/c17-15(18)13-12-10-7-9(1-2-11(10)20-14(12)13)19-8-3-5-16-6-4-8/h1-7,12-14H,(H,17,18)/t12-,13?,14?/m0/s1. The van der Waals surface area contributed by atoms with E-state index in [-0.39, 0.29) is 12.0 Å². The summed E-state index contributed by atoms with van der Waals surface area (Å²) in [5, 5.41) is 9.07. The third-order valence-corrected chi connectivity index (χ3v) is 3.73. The van der Waals surface area contributed by atoms with Gasteiger partial charge < -0.3 is 14.6 Å². The zero-order chi connectivity index (χ0) is 13.7. The van der Waals surface area contributed by atoms with E-state index in [1.54, 1.807) is 24.5 Å². The summed E-state index contributed by atoms with van der Waals surface area (Å²) in [5.74, 6) is 0.879. The van der Waals surface area contributed by atoms with E-state index in [9.17, 15) is 4.79 Å². The number of pyridine rings is 1. The number of fused-ring (bicyclic) bond motifs is 3. The molecule has 1 aliphatic heterocycles. The van der Waals surface area contributed by atoms with Crippen LogP contribution in [0.2, 0.25) is 0 Å². The van der Waals surface area contributed by atoms with Crippen molar-refractivity contribution < 1.29 is 19.4 Å². The fourth-order valence-corrected chi connectivity index (χ4v) is 2.74. The van der Waals surface area contributed by atoms with Crippen LogP contribution in [-0.2, 0) is 4.79 Å². The van der Waals surface area contributed by atoms with Crippen molar-refractivity contribution in [2.45, 2.75) is 12.0 Å². The summed E-state index contributed by atoms with van der Waals surface area (Å²) in [6.45, 7) is 0. The van der Waals surface area contributed by atoms with Crippen molar-refractivity contribution >= 4 is 5.97 Å². The number of aromatic nitrogens is 1. The highest BCUT2D eigenvalue weighted by Gasteiger charge is 2.63. The zero-order valence-corrected chi connectivity index (χ0v) is 10.4. The minimum Gasteiger partial charge on any atom is -0.489 e. The summed E-state index contributed by atoms with van der Waals surface area (Å²) in [6.07, 6.45) is 3.10. The molecule has 0 saturated heterocycles. The average Bonchev–Trinajstić information content (AvgIpc) is 3.05. The third-order valence-electron chi connectivity index (χ3n) is 3.73. The molecule has 1 aromatic heterocycles. The lowest BCUT2D eigenvalue weighted by Crippen LogP contribution is -2.08. The predicted octanol–water partition coefficient (Wildman–Crippen LogP) is 2.43. The second-order valence-corrected chi connectivity index (χ2v) is 4.96. The molecule has 1 aliphatic carbocycles. The Morgan fingerprint density at radius 2 is 2.00 bits per heavy atom. The molecule has 4 rings (SSSR count). The van der Waals surface area contributed by atoms with Gasteiger partial charge in [-0.1, -0.05) is 0 Å². The van der Waals surface area contributed by atoms with Crippen LogP contribution in [0.25, 0.3) is 0 Å². The molecule has 0 bridgehead atoms. The Labute approximate surface area is 114 Å². The summed E-state index contributed by atoms with van der Waals surface area (Å²) in [4.78, 5) is 15.0. The Balaban J connectivity index is 1.61. The summed E-state index contributed by atoms with van der Waals surface area (Å²) in [7, 11) is 0. The summed E-state index contributed by atoms with van der Waals surface area (Å²) in [6, 6.07) is 9.05. The molecule has 2 aliphatic rings. The van der Waals surface area contributed by atoms with Crippen molar-refractivity contribution in [2.24, 2.45) is 5.92 Å². The Hall–Kier alpha value is -2.56. The highest BCUT2D eigenvalue weighted by atomic mass is 16.5. The molecule has 0 spiro atoms. The number of hydrogen-bond donors (Lipinski definition) is 1. The van der Waals surface area contributed by atoms with Crippen LogP contribution in [0.1, 0.15) is 11.5 Å². The van der Waals surface area contributed by atoms with E-state index in [0.29, 0.717) is 11.5 Å². The quantitative estimate of drug-likeness (QED) is 0.926. The Bertz CT molecular complexity index is 686. The SMILES string of the molecule is O=C(O)C1C2Oc3ccc(Oc4ccncc4)cc3[C@H]21. The Kier molecular flexibility index (Phi) is 2.24. The van der Waals surface area contributed by atoms with E-state index in [0.717, 1.165) is 11.3 Å². The van der Waals surface area contributed by atoms with Gasteiger partial charge in [0.15, 0.2) is 0 Å². The van der Waals surface area contributed by atoms with Gasteiger partial charge >= 0.3 is 5.97 Å². The summed E-state index contributed by atoms with van der Waals surface area (Å²) < 4.78 is 11.3. The largest absolute Gasteiger partial charge is 0.489 e. The minimum absolute atomic E-state index is 0.0384. The molecular formula is C15H11NO4. The number of hydrogen-bond acceptors (Lipinski definition) is 4. The van der Waals surface area contributed by atoms with Crippen LogP contribution in [0, 0.1) is 5.92 Å². The zero-order valence-electron chi connectivity index (χ0n) is 10.4. The lowest BCUT2D eigenvalue weighted by Gasteiger charge is -2.09. The van der Waals surface area contributed by atoms with Crippen molar-refractivity contribution in [3.05, 3.63) is 48.3 Å². The van der Waals surface area contributed by atoms with Crippen molar-refractivity contribution in [3.8, 4) is 17.2 Å². The van der Waals surface area contributed by atoms with Gasteiger partial charge in [0, 0.05) is 23.9 Å². The first-order valence-corrected chi connectivity index (χ1v) is 6.35. The lowest BCUT2D eigenvalue weighted by atomic mass is 10.1. The maximum absolute atomic E-state index is 11.0. The molecule has 0 amide bonds. The molecule has 2 aromatic rings. The van der Waals surface area contributed by atoms with Gasteiger partial charge in [-0.2, -0.15) is 0 Å². The van der Waals surface area contributed by atoms with Crippen molar-refractivity contribution in [1.29, 1.82) is 0 Å².